The Kier molecular flexibility index (Phi) is 11.8. The molecule has 13 heteroatoms. The number of rotatable bonds is 9. The van der Waals surface area contributed by atoms with Gasteiger partial charge in [0, 0.05) is 31.5 Å². The number of likely N-dealkylation sites (tertiary alicyclic amines) is 1. The first-order valence-corrected chi connectivity index (χ1v) is 14.0. The zero-order chi connectivity index (χ0) is 33.1. The van der Waals surface area contributed by atoms with Crippen LogP contribution in [0.1, 0.15) is 47.9 Å². The molecule has 0 unspecified atom stereocenters. The third kappa shape index (κ3) is 9.65. The SMILES string of the molecule is CC(=O)N[C@@H](C(=O)N1CCC[C@H]1C(=O)NCc1ccc(C(=N)N)cc1)C(c1ccccc1)c1ccccc1.O=C(O)C(F)(F)F. The molecule has 3 aromatic rings. The molecular formula is C32H34F3N5O5. The van der Waals surface area contributed by atoms with Crippen molar-refractivity contribution in [3.63, 3.8) is 0 Å². The number of amidine groups is 1. The molecule has 238 valence electrons. The summed E-state index contributed by atoms with van der Waals surface area (Å²) in [6.07, 6.45) is -3.83. The minimum atomic E-state index is -5.08. The summed E-state index contributed by atoms with van der Waals surface area (Å²) in [5.74, 6) is -4.01. The minimum absolute atomic E-state index is 0.0151. The summed E-state index contributed by atoms with van der Waals surface area (Å²) in [6, 6.07) is 24.9. The molecule has 10 nitrogen and oxygen atoms in total. The fourth-order valence-electron chi connectivity index (χ4n) is 5.00. The zero-order valence-electron chi connectivity index (χ0n) is 24.4. The summed E-state index contributed by atoms with van der Waals surface area (Å²) in [5.41, 5.74) is 8.80. The number of nitrogens with one attached hydrogen (secondary N) is 3. The van der Waals surface area contributed by atoms with Gasteiger partial charge in [0.1, 0.15) is 17.9 Å². The Morgan fingerprint density at radius 2 is 1.47 bits per heavy atom. The van der Waals surface area contributed by atoms with Gasteiger partial charge in [-0.1, -0.05) is 84.9 Å². The van der Waals surface area contributed by atoms with Crippen molar-refractivity contribution in [1.82, 2.24) is 15.5 Å². The molecular weight excluding hydrogens is 591 g/mol. The number of alkyl halides is 3. The smallest absolute Gasteiger partial charge is 0.475 e. The Bertz CT molecular complexity index is 1450. The highest BCUT2D eigenvalue weighted by Crippen LogP contribution is 2.31. The molecule has 6 N–H and O–H groups in total. The minimum Gasteiger partial charge on any atom is -0.475 e. The summed E-state index contributed by atoms with van der Waals surface area (Å²) in [5, 5.41) is 20.5. The van der Waals surface area contributed by atoms with Crippen molar-refractivity contribution in [3.05, 3.63) is 107 Å². The molecule has 1 heterocycles. The van der Waals surface area contributed by atoms with Crippen molar-refractivity contribution in [1.29, 1.82) is 5.41 Å². The zero-order valence-corrected chi connectivity index (χ0v) is 24.4. The molecule has 0 aromatic heterocycles. The molecule has 1 aliphatic rings. The van der Waals surface area contributed by atoms with Crippen LogP contribution in [-0.4, -0.2) is 64.3 Å². The van der Waals surface area contributed by atoms with Crippen LogP contribution in [0, 0.1) is 5.41 Å². The molecule has 0 aliphatic carbocycles. The van der Waals surface area contributed by atoms with Crippen LogP contribution in [0.15, 0.2) is 84.9 Å². The second-order valence-electron chi connectivity index (χ2n) is 10.3. The van der Waals surface area contributed by atoms with Crippen molar-refractivity contribution in [2.45, 2.75) is 50.5 Å². The quantitative estimate of drug-likeness (QED) is 0.180. The first-order chi connectivity index (χ1) is 21.3. The number of amides is 3. The van der Waals surface area contributed by atoms with Gasteiger partial charge in [-0.25, -0.2) is 4.79 Å². The Hall–Kier alpha value is -5.20. The lowest BCUT2D eigenvalue weighted by Gasteiger charge is -2.33. The molecule has 0 saturated carbocycles. The number of nitrogen functional groups attached to an aromatic ring is 1. The number of carbonyl (C=O) groups excluding carboxylic acids is 3. The van der Waals surface area contributed by atoms with Crippen LogP contribution in [0.3, 0.4) is 0 Å². The van der Waals surface area contributed by atoms with Crippen LogP contribution >= 0.6 is 0 Å². The van der Waals surface area contributed by atoms with Crippen molar-refractivity contribution < 1.29 is 37.5 Å². The average molecular weight is 626 g/mol. The van der Waals surface area contributed by atoms with Gasteiger partial charge in [-0.2, -0.15) is 13.2 Å². The number of nitrogens with two attached hydrogens (primary N) is 1. The Morgan fingerprint density at radius 3 is 1.91 bits per heavy atom. The highest BCUT2D eigenvalue weighted by atomic mass is 19.4. The first kappa shape index (κ1) is 34.3. The Morgan fingerprint density at radius 1 is 0.956 bits per heavy atom. The van der Waals surface area contributed by atoms with E-state index >= 15 is 0 Å². The van der Waals surface area contributed by atoms with Crippen molar-refractivity contribution in [2.75, 3.05) is 6.54 Å². The monoisotopic (exact) mass is 625 g/mol. The summed E-state index contributed by atoms with van der Waals surface area (Å²) in [6.45, 7) is 2.14. The molecule has 0 bridgehead atoms. The lowest BCUT2D eigenvalue weighted by atomic mass is 9.84. The van der Waals surface area contributed by atoms with Crippen LogP contribution in [-0.2, 0) is 25.7 Å². The average Bonchev–Trinajstić information content (AvgIpc) is 3.50. The lowest BCUT2D eigenvalue weighted by molar-refractivity contribution is -0.192. The molecule has 2 atom stereocenters. The lowest BCUT2D eigenvalue weighted by Crippen LogP contribution is -2.55. The van der Waals surface area contributed by atoms with Crippen molar-refractivity contribution in [2.24, 2.45) is 5.73 Å². The van der Waals surface area contributed by atoms with E-state index in [-0.39, 0.29) is 23.6 Å². The summed E-state index contributed by atoms with van der Waals surface area (Å²) < 4.78 is 31.7. The van der Waals surface area contributed by atoms with Gasteiger partial charge in [0.15, 0.2) is 0 Å². The van der Waals surface area contributed by atoms with Gasteiger partial charge in [-0.15, -0.1) is 0 Å². The standard InChI is InChI=1S/C30H33N5O3.C2HF3O2/c1-20(36)34-27(26(22-9-4-2-5-10-22)23-11-6-3-7-12-23)30(38)35-18-8-13-25(35)29(37)33-19-21-14-16-24(17-15-21)28(31)32;3-2(4,5)1(6)7/h2-7,9-12,14-17,25-27H,8,13,18-19H2,1H3,(H3,31,32)(H,33,37)(H,34,36);(H,6,7)/t25-,27+;/m0./s1. The highest BCUT2D eigenvalue weighted by molar-refractivity contribution is 5.95. The predicted octanol–water partition coefficient (Wildman–Crippen LogP) is 3.55. The van der Waals surface area contributed by atoms with E-state index in [9.17, 15) is 27.6 Å². The molecule has 45 heavy (non-hydrogen) atoms. The fourth-order valence-corrected chi connectivity index (χ4v) is 5.00. The van der Waals surface area contributed by atoms with Gasteiger partial charge in [0.25, 0.3) is 0 Å². The second-order valence-corrected chi connectivity index (χ2v) is 10.3. The third-order valence-corrected chi connectivity index (χ3v) is 7.09. The topological polar surface area (TPSA) is 166 Å². The van der Waals surface area contributed by atoms with Gasteiger partial charge in [0.2, 0.25) is 17.7 Å². The van der Waals surface area contributed by atoms with Crippen LogP contribution < -0.4 is 16.4 Å². The van der Waals surface area contributed by atoms with E-state index in [1.54, 1.807) is 17.0 Å². The van der Waals surface area contributed by atoms with Crippen LogP contribution in [0.2, 0.25) is 0 Å². The second kappa shape index (κ2) is 15.5. The van der Waals surface area contributed by atoms with Crippen LogP contribution in [0.4, 0.5) is 13.2 Å². The molecule has 4 rings (SSSR count). The first-order valence-electron chi connectivity index (χ1n) is 14.0. The molecule has 0 spiro atoms. The number of benzene rings is 3. The summed E-state index contributed by atoms with van der Waals surface area (Å²) in [4.78, 5) is 50.1. The van der Waals surface area contributed by atoms with Crippen molar-refractivity contribution in [3.8, 4) is 0 Å². The largest absolute Gasteiger partial charge is 0.490 e. The molecule has 1 saturated heterocycles. The number of carboxylic acid groups (broad SMARTS) is 1. The van der Waals surface area contributed by atoms with E-state index in [1.807, 2.05) is 72.8 Å². The maximum absolute atomic E-state index is 14.1. The van der Waals surface area contributed by atoms with Gasteiger partial charge in [-0.3, -0.25) is 19.8 Å². The van der Waals surface area contributed by atoms with E-state index in [0.717, 1.165) is 16.7 Å². The number of hydrogen-bond donors (Lipinski definition) is 5. The Balaban J connectivity index is 0.000000707. The molecule has 0 radical (unpaired) electrons. The number of nitrogens with zero attached hydrogens (tertiary/aromatic N) is 1. The van der Waals surface area contributed by atoms with E-state index < -0.39 is 30.1 Å². The molecule has 1 aliphatic heterocycles. The third-order valence-electron chi connectivity index (χ3n) is 7.09. The molecule has 3 amide bonds. The van der Waals surface area contributed by atoms with Gasteiger partial charge in [0.05, 0.1) is 0 Å². The number of carbonyl (C=O) groups is 4. The van der Waals surface area contributed by atoms with Gasteiger partial charge >= 0.3 is 12.1 Å². The van der Waals surface area contributed by atoms with Gasteiger partial charge < -0.3 is 26.4 Å². The summed E-state index contributed by atoms with van der Waals surface area (Å²) >= 11 is 0. The summed E-state index contributed by atoms with van der Waals surface area (Å²) in [7, 11) is 0. The van der Waals surface area contributed by atoms with E-state index in [4.69, 9.17) is 21.0 Å². The number of halogens is 3. The number of aliphatic carboxylic acids is 1. The maximum Gasteiger partial charge on any atom is 0.490 e. The number of hydrogen-bond acceptors (Lipinski definition) is 5. The maximum atomic E-state index is 14.1. The van der Waals surface area contributed by atoms with Gasteiger partial charge in [-0.05, 0) is 29.5 Å². The van der Waals surface area contributed by atoms with E-state index in [2.05, 4.69) is 10.6 Å². The fraction of sp³-hybridized carbons (Fsp3) is 0.281. The van der Waals surface area contributed by atoms with E-state index in [1.165, 1.54) is 6.92 Å². The highest BCUT2D eigenvalue weighted by Gasteiger charge is 2.41. The molecule has 3 aromatic carbocycles. The predicted molar refractivity (Wildman–Crippen MR) is 160 cm³/mol. The van der Waals surface area contributed by atoms with E-state index in [0.29, 0.717) is 31.5 Å². The molecule has 1 fully saturated rings. The normalized spacial score (nSPS) is 15.0. The van der Waals surface area contributed by atoms with Crippen molar-refractivity contribution >= 4 is 29.5 Å². The van der Waals surface area contributed by atoms with Crippen LogP contribution in [0.5, 0.6) is 0 Å². The number of carboxylic acids is 1. The Labute approximate surface area is 257 Å². The van der Waals surface area contributed by atoms with Crippen LogP contribution in [0.25, 0.3) is 0 Å².